The Bertz CT molecular complexity index is 878. The molecule has 31 heavy (non-hydrogen) atoms. The third-order valence-electron chi connectivity index (χ3n) is 5.27. The van der Waals surface area contributed by atoms with Crippen molar-refractivity contribution in [1.29, 1.82) is 0 Å². The van der Waals surface area contributed by atoms with Gasteiger partial charge in [-0.25, -0.2) is 0 Å². The van der Waals surface area contributed by atoms with E-state index < -0.39 is 0 Å². The van der Waals surface area contributed by atoms with Crippen molar-refractivity contribution in [2.45, 2.75) is 26.6 Å². The molecule has 1 aliphatic rings. The van der Waals surface area contributed by atoms with Gasteiger partial charge in [-0.2, -0.15) is 0 Å². The lowest BCUT2D eigenvalue weighted by Gasteiger charge is -2.27. The smallest absolute Gasteiger partial charge is 0.251 e. The normalized spacial score (nSPS) is 14.8. The molecule has 1 saturated heterocycles. The SMILES string of the molecule is CCNC(=O)c1cccc(CNC(=NC)NCc2ccccc2CN2CCOCC2)c1. The highest BCUT2D eigenvalue weighted by molar-refractivity contribution is 5.94. The molecule has 0 aliphatic carbocycles. The Kier molecular flexibility index (Phi) is 8.87. The second kappa shape index (κ2) is 12.1. The van der Waals surface area contributed by atoms with Gasteiger partial charge in [0.15, 0.2) is 5.96 Å². The molecule has 1 aliphatic heterocycles. The monoisotopic (exact) mass is 423 g/mol. The molecule has 166 valence electrons. The number of guanidine groups is 1. The number of nitrogens with one attached hydrogen (secondary N) is 3. The fraction of sp³-hybridized carbons (Fsp3) is 0.417. The summed E-state index contributed by atoms with van der Waals surface area (Å²) in [4.78, 5) is 18.8. The number of rotatable bonds is 8. The zero-order valence-electron chi connectivity index (χ0n) is 18.5. The van der Waals surface area contributed by atoms with Crippen LogP contribution in [0.2, 0.25) is 0 Å². The summed E-state index contributed by atoms with van der Waals surface area (Å²) in [5, 5.41) is 9.58. The topological polar surface area (TPSA) is 78.0 Å². The van der Waals surface area contributed by atoms with Gasteiger partial charge >= 0.3 is 0 Å². The van der Waals surface area contributed by atoms with Crippen LogP contribution in [0.25, 0.3) is 0 Å². The Morgan fingerprint density at radius 3 is 2.48 bits per heavy atom. The largest absolute Gasteiger partial charge is 0.379 e. The average molecular weight is 424 g/mol. The van der Waals surface area contributed by atoms with Gasteiger partial charge in [-0.3, -0.25) is 14.7 Å². The molecule has 3 rings (SSSR count). The molecule has 1 amide bonds. The Labute approximate surface area is 184 Å². The van der Waals surface area contributed by atoms with Crippen molar-refractivity contribution >= 4 is 11.9 Å². The van der Waals surface area contributed by atoms with Crippen LogP contribution in [0.1, 0.15) is 34.0 Å². The summed E-state index contributed by atoms with van der Waals surface area (Å²) in [6, 6.07) is 16.1. The maximum atomic E-state index is 12.0. The quantitative estimate of drug-likeness (QED) is 0.448. The molecular formula is C24H33N5O2. The van der Waals surface area contributed by atoms with Gasteiger partial charge in [-0.15, -0.1) is 0 Å². The second-order valence-electron chi connectivity index (χ2n) is 7.50. The first-order chi connectivity index (χ1) is 15.2. The lowest BCUT2D eigenvalue weighted by Crippen LogP contribution is -2.37. The Hall–Kier alpha value is -2.90. The Balaban J connectivity index is 1.54. The van der Waals surface area contributed by atoms with Crippen LogP contribution < -0.4 is 16.0 Å². The van der Waals surface area contributed by atoms with Crippen molar-refractivity contribution in [2.24, 2.45) is 4.99 Å². The molecule has 3 N–H and O–H groups in total. The van der Waals surface area contributed by atoms with E-state index in [1.165, 1.54) is 11.1 Å². The first-order valence-electron chi connectivity index (χ1n) is 10.9. The lowest BCUT2D eigenvalue weighted by molar-refractivity contribution is 0.0341. The highest BCUT2D eigenvalue weighted by atomic mass is 16.5. The number of benzene rings is 2. The molecule has 7 heteroatoms. The van der Waals surface area contributed by atoms with Gasteiger partial charge in [0.1, 0.15) is 0 Å². The zero-order chi connectivity index (χ0) is 21.9. The van der Waals surface area contributed by atoms with Crippen molar-refractivity contribution < 1.29 is 9.53 Å². The molecular weight excluding hydrogens is 390 g/mol. The van der Waals surface area contributed by atoms with Gasteiger partial charge in [0.25, 0.3) is 5.91 Å². The van der Waals surface area contributed by atoms with Crippen LogP contribution in [-0.4, -0.2) is 56.7 Å². The van der Waals surface area contributed by atoms with Crippen molar-refractivity contribution in [2.75, 3.05) is 39.9 Å². The molecule has 0 aromatic heterocycles. The lowest BCUT2D eigenvalue weighted by atomic mass is 10.1. The minimum atomic E-state index is -0.0521. The first-order valence-corrected chi connectivity index (χ1v) is 10.9. The van der Waals surface area contributed by atoms with E-state index in [4.69, 9.17) is 4.74 Å². The fourth-order valence-corrected chi connectivity index (χ4v) is 3.55. The van der Waals surface area contributed by atoms with E-state index in [1.807, 2.05) is 31.2 Å². The van der Waals surface area contributed by atoms with Crippen LogP contribution in [0.5, 0.6) is 0 Å². The predicted molar refractivity (Wildman–Crippen MR) is 124 cm³/mol. The number of nitrogens with zero attached hydrogens (tertiary/aromatic N) is 2. The minimum absolute atomic E-state index is 0.0521. The number of hydrogen-bond acceptors (Lipinski definition) is 4. The minimum Gasteiger partial charge on any atom is -0.379 e. The van der Waals surface area contributed by atoms with E-state index in [0.29, 0.717) is 25.2 Å². The third-order valence-corrected chi connectivity index (χ3v) is 5.27. The molecule has 7 nitrogen and oxygen atoms in total. The highest BCUT2D eigenvalue weighted by Gasteiger charge is 2.13. The van der Waals surface area contributed by atoms with E-state index in [-0.39, 0.29) is 5.91 Å². The number of carbonyl (C=O) groups excluding carboxylic acids is 1. The maximum Gasteiger partial charge on any atom is 0.251 e. The summed E-state index contributed by atoms with van der Waals surface area (Å²) in [7, 11) is 1.76. The van der Waals surface area contributed by atoms with Crippen LogP contribution in [-0.2, 0) is 24.4 Å². The molecule has 0 radical (unpaired) electrons. The van der Waals surface area contributed by atoms with E-state index in [9.17, 15) is 4.79 Å². The van der Waals surface area contributed by atoms with Crippen LogP contribution >= 0.6 is 0 Å². The number of carbonyl (C=O) groups is 1. The summed E-state index contributed by atoms with van der Waals surface area (Å²) in [5.74, 6) is 0.674. The Morgan fingerprint density at radius 2 is 1.74 bits per heavy atom. The zero-order valence-corrected chi connectivity index (χ0v) is 18.5. The summed E-state index contributed by atoms with van der Waals surface area (Å²) in [5.41, 5.74) is 4.28. The maximum absolute atomic E-state index is 12.0. The molecule has 0 atom stereocenters. The molecule has 0 unspecified atom stereocenters. The van der Waals surface area contributed by atoms with Crippen LogP contribution in [0, 0.1) is 0 Å². The van der Waals surface area contributed by atoms with Crippen LogP contribution in [0.3, 0.4) is 0 Å². The van der Waals surface area contributed by atoms with Gasteiger partial charge in [0.05, 0.1) is 13.2 Å². The standard InChI is InChI=1S/C24H33N5O2/c1-3-26-23(30)20-10-6-7-19(15-20)16-27-24(25-2)28-17-21-8-4-5-9-22(21)18-29-11-13-31-14-12-29/h4-10,15H,3,11-14,16-18H2,1-2H3,(H,26,30)(H2,25,27,28). The van der Waals surface area contributed by atoms with Gasteiger partial charge in [0.2, 0.25) is 0 Å². The molecule has 1 heterocycles. The molecule has 2 aromatic rings. The second-order valence-corrected chi connectivity index (χ2v) is 7.50. The van der Waals surface area contributed by atoms with E-state index >= 15 is 0 Å². The van der Waals surface area contributed by atoms with Crippen molar-refractivity contribution in [1.82, 2.24) is 20.9 Å². The number of hydrogen-bond donors (Lipinski definition) is 3. The van der Waals surface area contributed by atoms with Crippen molar-refractivity contribution in [3.05, 3.63) is 70.8 Å². The van der Waals surface area contributed by atoms with Gasteiger partial charge in [-0.1, -0.05) is 36.4 Å². The summed E-state index contributed by atoms with van der Waals surface area (Å²) >= 11 is 0. The molecule has 2 aromatic carbocycles. The predicted octanol–water partition coefficient (Wildman–Crippen LogP) is 2.13. The Morgan fingerprint density at radius 1 is 1.00 bits per heavy atom. The van der Waals surface area contributed by atoms with Gasteiger partial charge < -0.3 is 20.7 Å². The van der Waals surface area contributed by atoms with E-state index in [2.05, 4.69) is 50.1 Å². The summed E-state index contributed by atoms with van der Waals surface area (Å²) in [6.45, 7) is 8.29. The summed E-state index contributed by atoms with van der Waals surface area (Å²) in [6.07, 6.45) is 0. The number of amides is 1. The van der Waals surface area contributed by atoms with E-state index in [0.717, 1.165) is 44.4 Å². The number of ether oxygens (including phenoxy) is 1. The average Bonchev–Trinajstić information content (AvgIpc) is 2.81. The third kappa shape index (κ3) is 7.08. The first kappa shape index (κ1) is 22.8. The number of aliphatic imine (C=N–C) groups is 1. The molecule has 0 spiro atoms. The van der Waals surface area contributed by atoms with Crippen LogP contribution in [0.15, 0.2) is 53.5 Å². The highest BCUT2D eigenvalue weighted by Crippen LogP contribution is 2.13. The van der Waals surface area contributed by atoms with Crippen molar-refractivity contribution in [3.8, 4) is 0 Å². The van der Waals surface area contributed by atoms with E-state index in [1.54, 1.807) is 7.05 Å². The van der Waals surface area contributed by atoms with Crippen molar-refractivity contribution in [3.63, 3.8) is 0 Å². The molecule has 1 fully saturated rings. The molecule has 0 saturated carbocycles. The summed E-state index contributed by atoms with van der Waals surface area (Å²) < 4.78 is 5.46. The fourth-order valence-electron chi connectivity index (χ4n) is 3.55. The van der Waals surface area contributed by atoms with Gasteiger partial charge in [-0.05, 0) is 35.7 Å². The molecule has 0 bridgehead atoms. The van der Waals surface area contributed by atoms with Crippen LogP contribution in [0.4, 0.5) is 0 Å². The number of morpholine rings is 1. The van der Waals surface area contributed by atoms with Gasteiger partial charge in [0, 0.05) is 51.9 Å².